The van der Waals surface area contributed by atoms with E-state index in [1.165, 1.54) is 0 Å². The van der Waals surface area contributed by atoms with Crippen LogP contribution in [0.25, 0.3) is 0 Å². The summed E-state index contributed by atoms with van der Waals surface area (Å²) in [7, 11) is 0. The van der Waals surface area contributed by atoms with Gasteiger partial charge in [0.2, 0.25) is 0 Å². The minimum absolute atomic E-state index is 0.242. The van der Waals surface area contributed by atoms with Crippen molar-refractivity contribution in [3.63, 3.8) is 0 Å². The summed E-state index contributed by atoms with van der Waals surface area (Å²) in [6.07, 6.45) is 2.10. The Hall–Kier alpha value is -1.20. The predicted molar refractivity (Wildman–Crippen MR) is 71.8 cm³/mol. The van der Waals surface area contributed by atoms with Crippen LogP contribution in [0.2, 0.25) is 0 Å². The van der Waals surface area contributed by atoms with Crippen LogP contribution in [0.3, 0.4) is 0 Å². The number of aromatic nitrogens is 2. The van der Waals surface area contributed by atoms with Gasteiger partial charge in [-0.2, -0.15) is 5.10 Å². The van der Waals surface area contributed by atoms with E-state index >= 15 is 0 Å². The van der Waals surface area contributed by atoms with Gasteiger partial charge >= 0.3 is 0 Å². The maximum Gasteiger partial charge on any atom is 0.151 e. The normalized spacial score (nSPS) is 17.1. The summed E-state index contributed by atoms with van der Waals surface area (Å²) in [4.78, 5) is 4.53. The van der Waals surface area contributed by atoms with E-state index in [1.54, 1.807) is 0 Å². The van der Waals surface area contributed by atoms with Crippen molar-refractivity contribution in [3.8, 4) is 0 Å². The van der Waals surface area contributed by atoms with Gasteiger partial charge in [0.15, 0.2) is 5.82 Å². The third kappa shape index (κ3) is 3.40. The van der Waals surface area contributed by atoms with Crippen LogP contribution < -0.4 is 4.90 Å². The van der Waals surface area contributed by atoms with Crippen molar-refractivity contribution in [1.82, 2.24) is 15.1 Å². The molecular weight excluding hydrogens is 228 g/mol. The van der Waals surface area contributed by atoms with Crippen molar-refractivity contribution >= 4 is 5.82 Å². The van der Waals surface area contributed by atoms with Crippen LogP contribution in [-0.2, 0) is 6.42 Å². The molecule has 0 amide bonds. The van der Waals surface area contributed by atoms with Gasteiger partial charge in [-0.25, -0.2) is 0 Å². The Labute approximate surface area is 108 Å². The summed E-state index contributed by atoms with van der Waals surface area (Å²) in [6.45, 7) is 7.05. The van der Waals surface area contributed by atoms with Crippen LogP contribution in [0.4, 0.5) is 5.82 Å². The molecule has 0 spiro atoms. The molecule has 2 rings (SSSR count). The summed E-state index contributed by atoms with van der Waals surface area (Å²) >= 11 is 0. The quantitative estimate of drug-likeness (QED) is 0.827. The number of anilines is 1. The Morgan fingerprint density at radius 3 is 2.50 bits per heavy atom. The molecule has 1 fully saturated rings. The van der Waals surface area contributed by atoms with Gasteiger partial charge in [0.1, 0.15) is 0 Å². The van der Waals surface area contributed by atoms with Gasteiger partial charge in [-0.15, -0.1) is 5.10 Å². The standard InChI is InChI=1S/C13H22N4O/c1-2-3-12-4-5-13(15-14-12)17-8-6-16(7-9-17)10-11-18/h4-5,18H,2-3,6-11H2,1H3. The SMILES string of the molecule is CCCc1ccc(N2CCN(CCO)CC2)nn1. The van der Waals surface area contributed by atoms with Gasteiger partial charge in [0.05, 0.1) is 12.3 Å². The zero-order chi connectivity index (χ0) is 12.8. The number of hydrogen-bond donors (Lipinski definition) is 1. The van der Waals surface area contributed by atoms with Crippen molar-refractivity contribution in [3.05, 3.63) is 17.8 Å². The molecular formula is C13H22N4O. The van der Waals surface area contributed by atoms with E-state index < -0.39 is 0 Å². The molecule has 5 nitrogen and oxygen atoms in total. The number of aryl methyl sites for hydroxylation is 1. The Balaban J connectivity index is 1.89. The minimum atomic E-state index is 0.242. The number of rotatable bonds is 5. The van der Waals surface area contributed by atoms with E-state index in [1.807, 2.05) is 0 Å². The molecule has 1 aromatic heterocycles. The highest BCUT2D eigenvalue weighted by Crippen LogP contribution is 2.13. The van der Waals surface area contributed by atoms with Crippen LogP contribution >= 0.6 is 0 Å². The van der Waals surface area contributed by atoms with Gasteiger partial charge in [0, 0.05) is 32.7 Å². The lowest BCUT2D eigenvalue weighted by Gasteiger charge is -2.34. The van der Waals surface area contributed by atoms with Crippen molar-refractivity contribution in [2.24, 2.45) is 0 Å². The average Bonchev–Trinajstić information content (AvgIpc) is 2.41. The monoisotopic (exact) mass is 250 g/mol. The first kappa shape index (κ1) is 13.2. The van der Waals surface area contributed by atoms with Crippen molar-refractivity contribution < 1.29 is 5.11 Å². The molecule has 18 heavy (non-hydrogen) atoms. The molecule has 0 aliphatic carbocycles. The second kappa shape index (κ2) is 6.66. The highest BCUT2D eigenvalue weighted by molar-refractivity contribution is 5.37. The first-order valence-electron chi connectivity index (χ1n) is 6.74. The summed E-state index contributed by atoms with van der Waals surface area (Å²) < 4.78 is 0. The molecule has 1 aromatic rings. The van der Waals surface area contributed by atoms with Gasteiger partial charge in [0.25, 0.3) is 0 Å². The number of aliphatic hydroxyl groups excluding tert-OH is 1. The summed E-state index contributed by atoms with van der Waals surface area (Å²) in [5.74, 6) is 0.971. The Kier molecular flexibility index (Phi) is 4.90. The second-order valence-corrected chi connectivity index (χ2v) is 4.69. The molecule has 0 atom stereocenters. The Morgan fingerprint density at radius 2 is 1.94 bits per heavy atom. The van der Waals surface area contributed by atoms with Crippen LogP contribution in [0.1, 0.15) is 19.0 Å². The topological polar surface area (TPSA) is 52.5 Å². The van der Waals surface area contributed by atoms with Crippen LogP contribution in [0, 0.1) is 0 Å². The lowest BCUT2D eigenvalue weighted by molar-refractivity contribution is 0.188. The van der Waals surface area contributed by atoms with E-state index in [0.717, 1.165) is 57.1 Å². The third-order valence-electron chi connectivity index (χ3n) is 3.32. The van der Waals surface area contributed by atoms with Gasteiger partial charge in [-0.3, -0.25) is 4.90 Å². The highest BCUT2D eigenvalue weighted by Gasteiger charge is 2.17. The first-order valence-corrected chi connectivity index (χ1v) is 6.74. The molecule has 1 N–H and O–H groups in total. The zero-order valence-corrected chi connectivity index (χ0v) is 11.0. The molecule has 100 valence electrons. The molecule has 0 aromatic carbocycles. The van der Waals surface area contributed by atoms with E-state index in [2.05, 4.69) is 39.1 Å². The molecule has 5 heteroatoms. The fraction of sp³-hybridized carbons (Fsp3) is 0.692. The van der Waals surface area contributed by atoms with E-state index in [-0.39, 0.29) is 6.61 Å². The molecule has 0 unspecified atom stereocenters. The summed E-state index contributed by atoms with van der Waals surface area (Å²) in [6, 6.07) is 4.14. The van der Waals surface area contributed by atoms with E-state index in [4.69, 9.17) is 5.11 Å². The minimum Gasteiger partial charge on any atom is -0.395 e. The van der Waals surface area contributed by atoms with Gasteiger partial charge in [-0.1, -0.05) is 13.3 Å². The van der Waals surface area contributed by atoms with E-state index in [0.29, 0.717) is 0 Å². The van der Waals surface area contributed by atoms with Crippen LogP contribution in [-0.4, -0.2) is 59.5 Å². The number of nitrogens with zero attached hydrogens (tertiary/aromatic N) is 4. The molecule has 1 saturated heterocycles. The molecule has 0 radical (unpaired) electrons. The summed E-state index contributed by atoms with van der Waals surface area (Å²) in [5.41, 5.74) is 1.07. The molecule has 1 aliphatic rings. The second-order valence-electron chi connectivity index (χ2n) is 4.69. The third-order valence-corrected chi connectivity index (χ3v) is 3.32. The largest absolute Gasteiger partial charge is 0.395 e. The van der Waals surface area contributed by atoms with Gasteiger partial charge in [-0.05, 0) is 18.6 Å². The number of piperazine rings is 1. The maximum absolute atomic E-state index is 8.90. The fourth-order valence-electron chi connectivity index (χ4n) is 2.25. The van der Waals surface area contributed by atoms with Gasteiger partial charge < -0.3 is 10.0 Å². The molecule has 0 saturated carbocycles. The number of aliphatic hydroxyl groups is 1. The fourth-order valence-corrected chi connectivity index (χ4v) is 2.25. The predicted octanol–water partition coefficient (Wildman–Crippen LogP) is 0.543. The molecule has 2 heterocycles. The Bertz CT molecular complexity index is 347. The zero-order valence-electron chi connectivity index (χ0n) is 11.0. The lowest BCUT2D eigenvalue weighted by Crippen LogP contribution is -2.47. The molecule has 1 aliphatic heterocycles. The van der Waals surface area contributed by atoms with Crippen LogP contribution in [0.15, 0.2) is 12.1 Å². The number of hydrogen-bond acceptors (Lipinski definition) is 5. The average molecular weight is 250 g/mol. The van der Waals surface area contributed by atoms with Crippen LogP contribution in [0.5, 0.6) is 0 Å². The number of β-amino-alcohol motifs (C(OH)–C–C–N with tert-alkyl or cyclic N) is 1. The Morgan fingerprint density at radius 1 is 1.17 bits per heavy atom. The highest BCUT2D eigenvalue weighted by atomic mass is 16.3. The smallest absolute Gasteiger partial charge is 0.151 e. The lowest BCUT2D eigenvalue weighted by atomic mass is 10.2. The van der Waals surface area contributed by atoms with Crippen molar-refractivity contribution in [1.29, 1.82) is 0 Å². The first-order chi connectivity index (χ1) is 8.83. The summed E-state index contributed by atoms with van der Waals surface area (Å²) in [5, 5.41) is 17.5. The molecule has 0 bridgehead atoms. The van der Waals surface area contributed by atoms with Crippen molar-refractivity contribution in [2.75, 3.05) is 44.2 Å². The van der Waals surface area contributed by atoms with E-state index in [9.17, 15) is 0 Å². The van der Waals surface area contributed by atoms with Crippen molar-refractivity contribution in [2.45, 2.75) is 19.8 Å². The maximum atomic E-state index is 8.90.